The number of nitrogens with one attached hydrogen (secondary N) is 1. The van der Waals surface area contributed by atoms with Crippen molar-refractivity contribution in [3.05, 3.63) is 33.8 Å². The zero-order chi connectivity index (χ0) is 13.0. The molecule has 0 aliphatic carbocycles. The molecule has 2 atom stereocenters. The lowest BCUT2D eigenvalue weighted by Crippen LogP contribution is -2.56. The maximum atomic E-state index is 6.35. The average molecular weight is 296 g/mol. The zero-order valence-electron chi connectivity index (χ0n) is 10.4. The first kappa shape index (κ1) is 12.0. The SMILES string of the molecule is Clc1ccc(C2NN=C3C4CCN(CC4)C32)c(Cl)c1. The number of nitrogens with zero attached hydrogens (tertiary/aromatic N) is 2. The first-order valence-electron chi connectivity index (χ1n) is 6.76. The van der Waals surface area contributed by atoms with Gasteiger partial charge < -0.3 is 5.43 Å². The highest BCUT2D eigenvalue weighted by atomic mass is 35.5. The first-order valence-corrected chi connectivity index (χ1v) is 7.51. The third kappa shape index (κ3) is 1.79. The van der Waals surface area contributed by atoms with Crippen molar-refractivity contribution in [3.8, 4) is 0 Å². The molecule has 5 rings (SSSR count). The molecule has 1 N–H and O–H groups in total. The third-order valence-corrected chi connectivity index (χ3v) is 5.15. The lowest BCUT2D eigenvalue weighted by atomic mass is 9.78. The molecule has 0 aromatic heterocycles. The van der Waals surface area contributed by atoms with Crippen molar-refractivity contribution >= 4 is 28.9 Å². The van der Waals surface area contributed by atoms with Crippen molar-refractivity contribution in [2.24, 2.45) is 11.0 Å². The predicted molar refractivity (Wildman–Crippen MR) is 77.9 cm³/mol. The molecule has 0 spiro atoms. The van der Waals surface area contributed by atoms with Gasteiger partial charge in [0.1, 0.15) is 0 Å². The van der Waals surface area contributed by atoms with Crippen LogP contribution in [0.25, 0.3) is 0 Å². The fourth-order valence-electron chi connectivity index (χ4n) is 3.65. The maximum Gasteiger partial charge on any atom is 0.0913 e. The smallest absolute Gasteiger partial charge is 0.0913 e. The van der Waals surface area contributed by atoms with E-state index in [9.17, 15) is 0 Å². The molecule has 1 aromatic rings. The lowest BCUT2D eigenvalue weighted by molar-refractivity contribution is 0.133. The van der Waals surface area contributed by atoms with Crippen molar-refractivity contribution < 1.29 is 0 Å². The molecule has 3 fully saturated rings. The van der Waals surface area contributed by atoms with Gasteiger partial charge in [0.2, 0.25) is 0 Å². The number of hydrazone groups is 1. The summed E-state index contributed by atoms with van der Waals surface area (Å²) in [7, 11) is 0. The van der Waals surface area contributed by atoms with Gasteiger partial charge >= 0.3 is 0 Å². The van der Waals surface area contributed by atoms with E-state index >= 15 is 0 Å². The van der Waals surface area contributed by atoms with Gasteiger partial charge in [-0.15, -0.1) is 0 Å². The summed E-state index contributed by atoms with van der Waals surface area (Å²) in [5.41, 5.74) is 5.72. The Balaban J connectivity index is 1.71. The molecule has 2 unspecified atom stereocenters. The van der Waals surface area contributed by atoms with Crippen LogP contribution < -0.4 is 5.43 Å². The van der Waals surface area contributed by atoms with E-state index in [0.717, 1.165) is 10.6 Å². The molecule has 3 nitrogen and oxygen atoms in total. The summed E-state index contributed by atoms with van der Waals surface area (Å²) in [6.45, 7) is 2.36. The van der Waals surface area contributed by atoms with Crippen molar-refractivity contribution in [1.82, 2.24) is 10.3 Å². The van der Waals surface area contributed by atoms with Crippen LogP contribution in [-0.2, 0) is 0 Å². The number of rotatable bonds is 1. The van der Waals surface area contributed by atoms with Crippen LogP contribution in [0.2, 0.25) is 10.0 Å². The Labute approximate surface area is 122 Å². The normalized spacial score (nSPS) is 35.8. The lowest BCUT2D eigenvalue weighted by Gasteiger charge is -2.45. The molecule has 0 radical (unpaired) electrons. The largest absolute Gasteiger partial charge is 0.301 e. The third-order valence-electron chi connectivity index (χ3n) is 4.59. The number of hydrogen-bond donors (Lipinski definition) is 1. The second-order valence-corrected chi connectivity index (χ2v) is 6.41. The molecule has 3 saturated heterocycles. The van der Waals surface area contributed by atoms with Crippen LogP contribution in [0.15, 0.2) is 23.3 Å². The summed E-state index contributed by atoms with van der Waals surface area (Å²) < 4.78 is 0. The molecule has 1 aromatic carbocycles. The van der Waals surface area contributed by atoms with E-state index in [4.69, 9.17) is 23.2 Å². The summed E-state index contributed by atoms with van der Waals surface area (Å²) in [4.78, 5) is 2.54. The Kier molecular flexibility index (Phi) is 2.76. The topological polar surface area (TPSA) is 27.6 Å². The van der Waals surface area contributed by atoms with Crippen LogP contribution >= 0.6 is 23.2 Å². The standard InChI is InChI=1S/C14H15Cl2N3/c15-9-1-2-10(11(16)7-9)13-14-12(17-18-13)8-3-5-19(14)6-4-8/h1-2,7-8,13-14,18H,3-6H2. The number of hydrogen-bond acceptors (Lipinski definition) is 3. The van der Waals surface area contributed by atoms with Crippen LogP contribution in [0, 0.1) is 5.92 Å². The monoisotopic (exact) mass is 295 g/mol. The summed E-state index contributed by atoms with van der Waals surface area (Å²) in [6.07, 6.45) is 2.50. The van der Waals surface area contributed by atoms with Gasteiger partial charge in [-0.25, -0.2) is 0 Å². The molecular weight excluding hydrogens is 281 g/mol. The van der Waals surface area contributed by atoms with E-state index in [1.54, 1.807) is 0 Å². The van der Waals surface area contributed by atoms with Gasteiger partial charge in [-0.3, -0.25) is 4.90 Å². The number of benzene rings is 1. The number of piperidine rings is 3. The fourth-order valence-corrected chi connectivity index (χ4v) is 4.18. The Morgan fingerprint density at radius 3 is 2.74 bits per heavy atom. The highest BCUT2D eigenvalue weighted by Gasteiger charge is 2.47. The quantitative estimate of drug-likeness (QED) is 0.862. The summed E-state index contributed by atoms with van der Waals surface area (Å²) >= 11 is 12.3. The van der Waals surface area contributed by atoms with E-state index in [1.165, 1.54) is 31.6 Å². The molecule has 4 heterocycles. The predicted octanol–water partition coefficient (Wildman–Crippen LogP) is 3.09. The molecule has 2 bridgehead atoms. The van der Waals surface area contributed by atoms with E-state index in [2.05, 4.69) is 15.4 Å². The highest BCUT2D eigenvalue weighted by molar-refractivity contribution is 6.35. The minimum atomic E-state index is 0.169. The molecule has 4 aliphatic heterocycles. The Hall–Kier alpha value is -0.770. The van der Waals surface area contributed by atoms with Crippen molar-refractivity contribution in [3.63, 3.8) is 0 Å². The van der Waals surface area contributed by atoms with Crippen molar-refractivity contribution in [1.29, 1.82) is 0 Å². The van der Waals surface area contributed by atoms with E-state index in [0.29, 0.717) is 17.0 Å². The van der Waals surface area contributed by atoms with Gasteiger partial charge in [0.25, 0.3) is 0 Å². The van der Waals surface area contributed by atoms with Crippen molar-refractivity contribution in [2.45, 2.75) is 24.9 Å². The van der Waals surface area contributed by atoms with Crippen molar-refractivity contribution in [2.75, 3.05) is 13.1 Å². The van der Waals surface area contributed by atoms with Gasteiger partial charge in [-0.05, 0) is 43.6 Å². The molecule has 4 aliphatic rings. The van der Waals surface area contributed by atoms with E-state index in [1.807, 2.05) is 18.2 Å². The Morgan fingerprint density at radius 1 is 1.21 bits per heavy atom. The van der Waals surface area contributed by atoms with Crippen LogP contribution in [0.4, 0.5) is 0 Å². The molecular formula is C14H15Cl2N3. The molecule has 19 heavy (non-hydrogen) atoms. The highest BCUT2D eigenvalue weighted by Crippen LogP contribution is 2.40. The van der Waals surface area contributed by atoms with Gasteiger partial charge in [0.15, 0.2) is 0 Å². The number of halogens is 2. The second kappa shape index (κ2) is 4.37. The average Bonchev–Trinajstić information content (AvgIpc) is 2.87. The molecule has 0 saturated carbocycles. The minimum Gasteiger partial charge on any atom is -0.301 e. The van der Waals surface area contributed by atoms with E-state index < -0.39 is 0 Å². The van der Waals surface area contributed by atoms with Gasteiger partial charge in [0, 0.05) is 16.0 Å². The summed E-state index contributed by atoms with van der Waals surface area (Å²) in [5, 5.41) is 6.00. The molecule has 100 valence electrons. The van der Waals surface area contributed by atoms with Crippen LogP contribution in [0.1, 0.15) is 24.4 Å². The fraction of sp³-hybridized carbons (Fsp3) is 0.500. The second-order valence-electron chi connectivity index (χ2n) is 5.56. The minimum absolute atomic E-state index is 0.169. The maximum absolute atomic E-state index is 6.35. The van der Waals surface area contributed by atoms with Gasteiger partial charge in [-0.1, -0.05) is 29.3 Å². The van der Waals surface area contributed by atoms with Crippen LogP contribution in [0.5, 0.6) is 0 Å². The molecule has 0 amide bonds. The first-order chi connectivity index (χ1) is 9.24. The van der Waals surface area contributed by atoms with E-state index in [-0.39, 0.29) is 6.04 Å². The Morgan fingerprint density at radius 2 is 2.00 bits per heavy atom. The zero-order valence-corrected chi connectivity index (χ0v) is 12.0. The summed E-state index contributed by atoms with van der Waals surface area (Å²) in [6, 6.07) is 6.28. The number of fused-ring (bicyclic) bond motifs is 2. The van der Waals surface area contributed by atoms with Gasteiger partial charge in [-0.2, -0.15) is 5.10 Å². The van der Waals surface area contributed by atoms with Gasteiger partial charge in [0.05, 0.1) is 17.8 Å². The van der Waals surface area contributed by atoms with Crippen LogP contribution in [0.3, 0.4) is 0 Å². The van der Waals surface area contributed by atoms with Crippen LogP contribution in [-0.4, -0.2) is 29.7 Å². The molecule has 5 heteroatoms. The summed E-state index contributed by atoms with van der Waals surface area (Å²) in [5.74, 6) is 0.665. The Bertz CT molecular complexity index is 550.